The molecular formula is C24H27F5N4O2. The van der Waals surface area contributed by atoms with Crippen LogP contribution in [0.25, 0.3) is 0 Å². The van der Waals surface area contributed by atoms with Crippen molar-refractivity contribution in [3.8, 4) is 0 Å². The van der Waals surface area contributed by atoms with Gasteiger partial charge in [0.15, 0.2) is 5.78 Å². The lowest BCUT2D eigenvalue weighted by Gasteiger charge is -2.37. The van der Waals surface area contributed by atoms with E-state index >= 15 is 0 Å². The Morgan fingerprint density at radius 2 is 1.94 bits per heavy atom. The normalized spacial score (nSPS) is 23.7. The molecule has 1 aromatic rings. The Kier molecular flexibility index (Phi) is 7.01. The Labute approximate surface area is 199 Å². The molecule has 1 amide bonds. The van der Waals surface area contributed by atoms with E-state index in [9.17, 15) is 31.5 Å². The highest BCUT2D eigenvalue weighted by Gasteiger charge is 2.42. The van der Waals surface area contributed by atoms with Crippen LogP contribution in [0.5, 0.6) is 0 Å². The number of nitrogens with zero attached hydrogens (tertiary/aromatic N) is 2. The largest absolute Gasteiger partial charge is 0.418 e. The number of Topliss-reactive ketones (excluding diaryl/α,β-unsaturated/α-hetero) is 1. The molecule has 4 rings (SSSR count). The first-order valence-electron chi connectivity index (χ1n) is 11.4. The third-order valence-corrected chi connectivity index (χ3v) is 6.55. The van der Waals surface area contributed by atoms with Crippen LogP contribution in [0.15, 0.2) is 53.3 Å². The van der Waals surface area contributed by atoms with Crippen molar-refractivity contribution < 1.29 is 31.5 Å². The van der Waals surface area contributed by atoms with E-state index in [2.05, 4.69) is 5.32 Å². The fraction of sp³-hybridized carbons (Fsp3) is 0.500. The molecule has 3 aliphatic heterocycles. The van der Waals surface area contributed by atoms with Crippen LogP contribution in [0.1, 0.15) is 25.7 Å². The van der Waals surface area contributed by atoms with Crippen LogP contribution in [0.2, 0.25) is 0 Å². The maximum Gasteiger partial charge on any atom is 0.418 e. The monoisotopic (exact) mass is 498 g/mol. The Hall–Kier alpha value is -2.79. The number of halogens is 5. The van der Waals surface area contributed by atoms with E-state index in [0.717, 1.165) is 11.1 Å². The van der Waals surface area contributed by atoms with Gasteiger partial charge in [0, 0.05) is 56.8 Å². The summed E-state index contributed by atoms with van der Waals surface area (Å²) in [4.78, 5) is 27.3. The molecule has 0 spiro atoms. The van der Waals surface area contributed by atoms with Gasteiger partial charge >= 0.3 is 6.18 Å². The molecule has 1 unspecified atom stereocenters. The average molecular weight is 498 g/mol. The van der Waals surface area contributed by atoms with Gasteiger partial charge < -0.3 is 20.9 Å². The highest BCUT2D eigenvalue weighted by Crippen LogP contribution is 2.39. The summed E-state index contributed by atoms with van der Waals surface area (Å²) in [7, 11) is 0. The van der Waals surface area contributed by atoms with Crippen molar-refractivity contribution in [2.24, 2.45) is 5.73 Å². The molecule has 3 heterocycles. The van der Waals surface area contributed by atoms with Gasteiger partial charge in [-0.1, -0.05) is 18.2 Å². The van der Waals surface area contributed by atoms with E-state index in [1.807, 2.05) is 0 Å². The van der Waals surface area contributed by atoms with Gasteiger partial charge in [-0.25, -0.2) is 8.78 Å². The van der Waals surface area contributed by atoms with Gasteiger partial charge in [-0.15, -0.1) is 0 Å². The van der Waals surface area contributed by atoms with Gasteiger partial charge in [0.05, 0.1) is 18.2 Å². The first-order chi connectivity index (χ1) is 16.4. The first-order valence-corrected chi connectivity index (χ1v) is 11.4. The number of benzene rings is 1. The van der Waals surface area contributed by atoms with E-state index in [1.165, 1.54) is 4.90 Å². The Morgan fingerprint density at radius 1 is 1.23 bits per heavy atom. The molecule has 3 N–H and O–H groups in total. The zero-order valence-corrected chi connectivity index (χ0v) is 19.0. The predicted octanol–water partition coefficient (Wildman–Crippen LogP) is 3.16. The van der Waals surface area contributed by atoms with Gasteiger partial charge in [0.25, 0.3) is 5.92 Å². The molecule has 6 nitrogen and oxygen atoms in total. The third-order valence-electron chi connectivity index (χ3n) is 6.55. The minimum atomic E-state index is -4.56. The number of alkyl halides is 5. The van der Waals surface area contributed by atoms with Crippen LogP contribution < -0.4 is 16.0 Å². The van der Waals surface area contributed by atoms with Gasteiger partial charge in [-0.2, -0.15) is 13.2 Å². The number of hydrogen-bond acceptors (Lipinski definition) is 5. The number of para-hydroxylation sites is 1. The van der Waals surface area contributed by atoms with Crippen LogP contribution in [-0.2, 0) is 9.59 Å². The van der Waals surface area contributed by atoms with Crippen molar-refractivity contribution in [1.82, 2.24) is 10.2 Å². The number of anilines is 1. The number of amides is 1. The lowest BCUT2D eigenvalue weighted by molar-refractivity contribution is -0.147. The van der Waals surface area contributed by atoms with Gasteiger partial charge in [-0.3, -0.25) is 9.59 Å². The van der Waals surface area contributed by atoms with Gasteiger partial charge in [-0.05, 0) is 29.7 Å². The maximum atomic E-state index is 13.8. The molecule has 0 saturated carbocycles. The van der Waals surface area contributed by atoms with E-state index in [0.29, 0.717) is 11.3 Å². The smallest absolute Gasteiger partial charge is 0.343 e. The topological polar surface area (TPSA) is 78.7 Å². The first kappa shape index (κ1) is 25.3. The van der Waals surface area contributed by atoms with Gasteiger partial charge in [0.2, 0.25) is 5.91 Å². The number of ketones is 1. The van der Waals surface area contributed by atoms with Crippen LogP contribution in [0.3, 0.4) is 0 Å². The number of carbonyl (C=O) groups is 2. The zero-order chi connectivity index (χ0) is 25.4. The van der Waals surface area contributed by atoms with Crippen LogP contribution in [0.4, 0.5) is 27.6 Å². The third kappa shape index (κ3) is 5.90. The molecule has 3 aliphatic rings. The standard InChI is InChI=1S/C24H27F5N4O2/c25-23(26)7-6-22(35)33(14-23)12-16(30)9-21(34)20-8-15-11-32(17-4-2-1-3-5-17)13-19(24(27,28)29)18(15)10-31-20/h1-5,13,16,20,31H,6-12,14,30H2/t16-,20?/m0/s1. The molecule has 2 atom stereocenters. The minimum absolute atomic E-state index is 0.0817. The molecule has 1 fully saturated rings. The second-order valence-electron chi connectivity index (χ2n) is 9.28. The molecule has 0 bridgehead atoms. The van der Waals surface area contributed by atoms with Crippen LogP contribution in [0, 0.1) is 0 Å². The second-order valence-corrected chi connectivity index (χ2v) is 9.28. The molecule has 0 aliphatic carbocycles. The predicted molar refractivity (Wildman–Crippen MR) is 120 cm³/mol. The van der Waals surface area contributed by atoms with Crippen molar-refractivity contribution in [2.75, 3.05) is 31.1 Å². The van der Waals surface area contributed by atoms with Crippen molar-refractivity contribution >= 4 is 17.4 Å². The number of nitrogens with two attached hydrogens (primary N) is 1. The summed E-state index contributed by atoms with van der Waals surface area (Å²) < 4.78 is 68.7. The Morgan fingerprint density at radius 3 is 2.63 bits per heavy atom. The maximum absolute atomic E-state index is 13.8. The lowest BCUT2D eigenvalue weighted by atomic mass is 9.86. The number of likely N-dealkylation sites (tertiary alicyclic amines) is 1. The molecule has 11 heteroatoms. The van der Waals surface area contributed by atoms with Crippen LogP contribution in [-0.4, -0.2) is 67.0 Å². The fourth-order valence-electron chi connectivity index (χ4n) is 4.79. The summed E-state index contributed by atoms with van der Waals surface area (Å²) in [5.41, 5.74) is 6.51. The number of rotatable bonds is 6. The van der Waals surface area contributed by atoms with Gasteiger partial charge in [0.1, 0.15) is 0 Å². The highest BCUT2D eigenvalue weighted by atomic mass is 19.4. The SMILES string of the molecule is N[C@@H](CC(=O)C1CC2=C(CN1)C(C(F)(F)F)=CN(c1ccccc1)C2)CN1CC(F)(F)CCC1=O. The minimum Gasteiger partial charge on any atom is -0.343 e. The Balaban J connectivity index is 1.43. The average Bonchev–Trinajstić information content (AvgIpc) is 2.80. The van der Waals surface area contributed by atoms with Crippen molar-refractivity contribution in [3.05, 3.63) is 53.3 Å². The van der Waals surface area contributed by atoms with Crippen molar-refractivity contribution in [1.29, 1.82) is 0 Å². The van der Waals surface area contributed by atoms with E-state index in [-0.39, 0.29) is 50.3 Å². The molecule has 0 aromatic heterocycles. The fourth-order valence-corrected chi connectivity index (χ4v) is 4.79. The number of nitrogens with one attached hydrogen (secondary N) is 1. The van der Waals surface area contributed by atoms with Crippen molar-refractivity contribution in [3.63, 3.8) is 0 Å². The summed E-state index contributed by atoms with van der Waals surface area (Å²) in [6, 6.07) is 7.07. The summed E-state index contributed by atoms with van der Waals surface area (Å²) in [6.45, 7) is -0.809. The quantitative estimate of drug-likeness (QED) is 0.590. The molecule has 0 radical (unpaired) electrons. The van der Waals surface area contributed by atoms with Crippen LogP contribution >= 0.6 is 0 Å². The lowest BCUT2D eigenvalue weighted by Crippen LogP contribution is -2.52. The highest BCUT2D eigenvalue weighted by molar-refractivity contribution is 5.85. The summed E-state index contributed by atoms with van der Waals surface area (Å²) in [5.74, 6) is -3.74. The second kappa shape index (κ2) is 9.69. The molecule has 35 heavy (non-hydrogen) atoms. The molecule has 1 saturated heterocycles. The summed E-state index contributed by atoms with van der Waals surface area (Å²) in [5, 5.41) is 2.88. The molecule has 190 valence electrons. The van der Waals surface area contributed by atoms with E-state index in [1.54, 1.807) is 30.3 Å². The summed E-state index contributed by atoms with van der Waals surface area (Å²) >= 11 is 0. The Bertz CT molecular complexity index is 1040. The number of carbonyl (C=O) groups excluding carboxylic acids is 2. The zero-order valence-electron chi connectivity index (χ0n) is 19.0. The van der Waals surface area contributed by atoms with Crippen molar-refractivity contribution in [2.45, 2.75) is 49.9 Å². The number of hydrogen-bond donors (Lipinski definition) is 2. The summed E-state index contributed by atoms with van der Waals surface area (Å²) in [6.07, 6.45) is -4.34. The molecular weight excluding hydrogens is 471 g/mol. The van der Waals surface area contributed by atoms with E-state index < -0.39 is 48.6 Å². The molecule has 1 aromatic carbocycles. The number of piperidine rings is 1. The van der Waals surface area contributed by atoms with E-state index in [4.69, 9.17) is 5.73 Å².